The maximum absolute atomic E-state index is 14.3. The summed E-state index contributed by atoms with van der Waals surface area (Å²) in [6.07, 6.45) is 3.54. The molecule has 3 aromatic rings. The Hall–Kier alpha value is -3.26. The molecular weight excluding hydrogens is 435 g/mol. The topological polar surface area (TPSA) is 86.2 Å². The first kappa shape index (κ1) is 22.0. The van der Waals surface area contributed by atoms with Crippen LogP contribution in [-0.2, 0) is 10.2 Å². The molecule has 2 unspecified atom stereocenters. The van der Waals surface area contributed by atoms with Gasteiger partial charge >= 0.3 is 0 Å². The fourth-order valence-corrected chi connectivity index (χ4v) is 3.87. The number of methoxy groups -OCH3 is 1. The molecule has 1 saturated carbocycles. The molecule has 32 heavy (non-hydrogen) atoms. The Morgan fingerprint density at radius 1 is 1.25 bits per heavy atom. The molecule has 0 aliphatic heterocycles. The molecule has 0 saturated heterocycles. The maximum atomic E-state index is 14.3. The quantitative estimate of drug-likeness (QED) is 0.571. The number of hydrogen-bond acceptors (Lipinski definition) is 6. The fraction of sp³-hybridized carbons (Fsp3) is 0.304. The number of amides is 1. The zero-order valence-corrected chi connectivity index (χ0v) is 18.6. The van der Waals surface area contributed by atoms with Crippen molar-refractivity contribution in [2.45, 2.75) is 25.7 Å². The highest BCUT2D eigenvalue weighted by molar-refractivity contribution is 6.30. The van der Waals surface area contributed by atoms with E-state index in [0.29, 0.717) is 45.8 Å². The zero-order valence-electron chi connectivity index (χ0n) is 17.9. The molecule has 2 aromatic heterocycles. The minimum atomic E-state index is -0.733. The molecule has 4 rings (SSSR count). The first-order valence-corrected chi connectivity index (χ1v) is 10.4. The van der Waals surface area contributed by atoms with Gasteiger partial charge in [-0.05, 0) is 50.1 Å². The van der Waals surface area contributed by atoms with E-state index in [1.54, 1.807) is 31.3 Å². The molecule has 1 N–H and O–H groups in total. The summed E-state index contributed by atoms with van der Waals surface area (Å²) in [5.41, 5.74) is 0.587. The Bertz CT molecular complexity index is 1160. The Morgan fingerprint density at radius 3 is 2.75 bits per heavy atom. The van der Waals surface area contributed by atoms with Crippen LogP contribution in [0.2, 0.25) is 5.02 Å². The van der Waals surface area contributed by atoms with E-state index in [2.05, 4.69) is 20.3 Å². The summed E-state index contributed by atoms with van der Waals surface area (Å²) in [5.74, 6) is 0.795. The van der Waals surface area contributed by atoms with Crippen molar-refractivity contribution in [1.29, 1.82) is 0 Å². The van der Waals surface area contributed by atoms with E-state index in [4.69, 9.17) is 21.1 Å². The molecule has 1 fully saturated rings. The molecule has 0 bridgehead atoms. The monoisotopic (exact) mass is 456 g/mol. The summed E-state index contributed by atoms with van der Waals surface area (Å²) in [6, 6.07) is 7.71. The molecule has 1 amide bonds. The molecule has 9 heteroatoms. The van der Waals surface area contributed by atoms with Gasteiger partial charge in [-0.15, -0.1) is 0 Å². The van der Waals surface area contributed by atoms with Crippen molar-refractivity contribution in [3.05, 3.63) is 70.6 Å². The van der Waals surface area contributed by atoms with Crippen molar-refractivity contribution < 1.29 is 18.7 Å². The number of rotatable bonds is 7. The molecule has 1 aliphatic rings. The standard InChI is InChI=1S/C23H22ClFN4O3/c1-13-20(11-26-14(2)28-13)32-12-23(15-6-17(25)8-18(7-15)31-3)9-19(23)22(30)29-21-5-4-16(24)10-27-21/h4-8,10-11,19H,9,12H2,1-3H3,(H,27,29,30). The fourth-order valence-electron chi connectivity index (χ4n) is 3.76. The van der Waals surface area contributed by atoms with E-state index in [1.165, 1.54) is 25.4 Å². The number of carbonyl (C=O) groups excluding carboxylic acids is 1. The van der Waals surface area contributed by atoms with E-state index in [-0.39, 0.29) is 12.5 Å². The van der Waals surface area contributed by atoms with Crippen LogP contribution in [0.1, 0.15) is 23.5 Å². The second-order valence-corrected chi connectivity index (χ2v) is 8.24. The highest BCUT2D eigenvalue weighted by Gasteiger charge is 2.60. The summed E-state index contributed by atoms with van der Waals surface area (Å²) >= 11 is 5.86. The maximum Gasteiger partial charge on any atom is 0.229 e. The van der Waals surface area contributed by atoms with E-state index in [1.807, 2.05) is 6.92 Å². The number of anilines is 1. The number of carbonyl (C=O) groups is 1. The van der Waals surface area contributed by atoms with Gasteiger partial charge in [0.15, 0.2) is 5.75 Å². The molecule has 1 aromatic carbocycles. The SMILES string of the molecule is COc1cc(F)cc(C2(COc3cnc(C)nc3C)CC2C(=O)Nc2ccc(Cl)cn2)c1. The lowest BCUT2D eigenvalue weighted by Gasteiger charge is -2.20. The van der Waals surface area contributed by atoms with Crippen molar-refractivity contribution >= 4 is 23.3 Å². The molecule has 2 atom stereocenters. The molecule has 1 aliphatic carbocycles. The van der Waals surface area contributed by atoms with E-state index in [0.717, 1.165) is 0 Å². The van der Waals surface area contributed by atoms with Crippen LogP contribution in [-0.4, -0.2) is 34.6 Å². The predicted molar refractivity (Wildman–Crippen MR) is 118 cm³/mol. The Morgan fingerprint density at radius 2 is 2.06 bits per heavy atom. The van der Waals surface area contributed by atoms with Gasteiger partial charge in [0.05, 0.1) is 36.5 Å². The number of halogens is 2. The van der Waals surface area contributed by atoms with E-state index < -0.39 is 17.2 Å². The highest BCUT2D eigenvalue weighted by Crippen LogP contribution is 2.55. The van der Waals surface area contributed by atoms with Crippen LogP contribution in [0.3, 0.4) is 0 Å². The van der Waals surface area contributed by atoms with Crippen LogP contribution in [0.5, 0.6) is 11.5 Å². The van der Waals surface area contributed by atoms with Gasteiger partial charge in [-0.25, -0.2) is 19.3 Å². The largest absolute Gasteiger partial charge is 0.497 e. The molecule has 0 spiro atoms. The zero-order chi connectivity index (χ0) is 22.9. The van der Waals surface area contributed by atoms with Gasteiger partial charge < -0.3 is 14.8 Å². The van der Waals surface area contributed by atoms with Crippen LogP contribution < -0.4 is 14.8 Å². The second kappa shape index (κ2) is 8.70. The third-order valence-electron chi connectivity index (χ3n) is 5.59. The Kier molecular flexibility index (Phi) is 5.97. The highest BCUT2D eigenvalue weighted by atomic mass is 35.5. The van der Waals surface area contributed by atoms with Crippen LogP contribution in [0.15, 0.2) is 42.7 Å². The number of aryl methyl sites for hydroxylation is 2. The average Bonchev–Trinajstić information content (AvgIpc) is 3.50. The Balaban J connectivity index is 1.61. The molecular formula is C23H22ClFN4O3. The number of nitrogens with one attached hydrogen (secondary N) is 1. The van der Waals surface area contributed by atoms with Gasteiger partial charge in [0.2, 0.25) is 5.91 Å². The third kappa shape index (κ3) is 4.50. The molecule has 2 heterocycles. The number of benzene rings is 1. The molecule has 7 nitrogen and oxygen atoms in total. The van der Waals surface area contributed by atoms with Gasteiger partial charge in [0.25, 0.3) is 0 Å². The lowest BCUT2D eigenvalue weighted by Crippen LogP contribution is -2.27. The summed E-state index contributed by atoms with van der Waals surface area (Å²) < 4.78 is 25.6. The minimum Gasteiger partial charge on any atom is -0.497 e. The van der Waals surface area contributed by atoms with Gasteiger partial charge in [0.1, 0.15) is 23.2 Å². The van der Waals surface area contributed by atoms with Crippen LogP contribution >= 0.6 is 11.6 Å². The number of ether oxygens (including phenoxy) is 2. The lowest BCUT2D eigenvalue weighted by molar-refractivity contribution is -0.117. The first-order valence-electron chi connectivity index (χ1n) is 10.0. The normalized spacial score (nSPS) is 19.3. The van der Waals surface area contributed by atoms with Gasteiger partial charge in [-0.3, -0.25) is 4.79 Å². The van der Waals surface area contributed by atoms with Crippen LogP contribution in [0, 0.1) is 25.6 Å². The van der Waals surface area contributed by atoms with Gasteiger partial charge in [-0.1, -0.05) is 11.6 Å². The third-order valence-corrected chi connectivity index (χ3v) is 5.82. The lowest BCUT2D eigenvalue weighted by atomic mass is 9.93. The first-order chi connectivity index (χ1) is 15.3. The van der Waals surface area contributed by atoms with E-state index >= 15 is 0 Å². The molecule has 0 radical (unpaired) electrons. The van der Waals surface area contributed by atoms with Crippen LogP contribution in [0.4, 0.5) is 10.2 Å². The summed E-state index contributed by atoms with van der Waals surface area (Å²) in [7, 11) is 1.47. The minimum absolute atomic E-state index is 0.152. The summed E-state index contributed by atoms with van der Waals surface area (Å²) in [4.78, 5) is 25.6. The Labute approximate surface area is 190 Å². The molecule has 166 valence electrons. The van der Waals surface area contributed by atoms with Crippen molar-refractivity contribution in [3.8, 4) is 11.5 Å². The number of nitrogens with zero attached hydrogens (tertiary/aromatic N) is 3. The van der Waals surface area contributed by atoms with Crippen molar-refractivity contribution in [1.82, 2.24) is 15.0 Å². The second-order valence-electron chi connectivity index (χ2n) is 7.80. The van der Waals surface area contributed by atoms with Crippen molar-refractivity contribution in [3.63, 3.8) is 0 Å². The smallest absolute Gasteiger partial charge is 0.229 e. The average molecular weight is 457 g/mol. The number of aromatic nitrogens is 3. The van der Waals surface area contributed by atoms with Gasteiger partial charge in [-0.2, -0.15) is 0 Å². The predicted octanol–water partition coefficient (Wildman–Crippen LogP) is 4.26. The summed E-state index contributed by atoms with van der Waals surface area (Å²) in [6.45, 7) is 3.77. The number of pyridine rings is 1. The van der Waals surface area contributed by atoms with Gasteiger partial charge in [0, 0.05) is 17.7 Å². The number of hydrogen-bond donors (Lipinski definition) is 1. The van der Waals surface area contributed by atoms with Crippen molar-refractivity contribution in [2.75, 3.05) is 19.0 Å². The van der Waals surface area contributed by atoms with Crippen LogP contribution in [0.25, 0.3) is 0 Å². The van der Waals surface area contributed by atoms with E-state index in [9.17, 15) is 9.18 Å². The summed E-state index contributed by atoms with van der Waals surface area (Å²) in [5, 5.41) is 3.27. The van der Waals surface area contributed by atoms with Crippen molar-refractivity contribution in [2.24, 2.45) is 5.92 Å².